The summed E-state index contributed by atoms with van der Waals surface area (Å²) in [6.45, 7) is 0. The van der Waals surface area contributed by atoms with E-state index in [1.807, 2.05) is 0 Å². The van der Waals surface area contributed by atoms with Gasteiger partial charge in [-0.3, -0.25) is 0 Å². The number of halogens is 3. The molecule has 0 saturated heterocycles. The van der Waals surface area contributed by atoms with Crippen LogP contribution in [-0.4, -0.2) is 22.1 Å². The van der Waals surface area contributed by atoms with Gasteiger partial charge in [-0.25, -0.2) is 4.79 Å². The van der Waals surface area contributed by atoms with Crippen LogP contribution in [0.2, 0.25) is 0 Å². The van der Waals surface area contributed by atoms with Crippen LogP contribution in [0.5, 0.6) is 0 Å². The molecule has 0 aliphatic rings. The molecule has 0 spiro atoms. The van der Waals surface area contributed by atoms with E-state index in [0.717, 1.165) is 0 Å². The third-order valence-electron chi connectivity index (χ3n) is 1.80. The molecular weight excluding hydrogens is 225 g/mol. The second-order valence-electron chi connectivity index (χ2n) is 2.97. The summed E-state index contributed by atoms with van der Waals surface area (Å²) in [5.41, 5.74) is 0.442. The maximum absolute atomic E-state index is 11.9. The molecule has 0 N–H and O–H groups in total. The number of benzene rings is 1. The first-order valence-corrected chi connectivity index (χ1v) is 4.21. The Morgan fingerprint density at radius 1 is 1.31 bits per heavy atom. The normalized spacial score (nSPS) is 11.7. The Morgan fingerprint density at radius 2 is 2.00 bits per heavy atom. The maximum Gasteiger partial charge on any atom is 0.493 e. The van der Waals surface area contributed by atoms with Crippen molar-refractivity contribution in [3.63, 3.8) is 0 Å². The van der Waals surface area contributed by atoms with Gasteiger partial charge in [-0.05, 0) is 6.07 Å². The van der Waals surface area contributed by atoms with Crippen molar-refractivity contribution in [1.82, 2.24) is 9.94 Å². The van der Waals surface area contributed by atoms with Gasteiger partial charge in [-0.15, -0.1) is 5.10 Å². The zero-order valence-corrected chi connectivity index (χ0v) is 7.73. The number of aromatic nitrogens is 2. The molecule has 16 heavy (non-hydrogen) atoms. The molecule has 2 aromatic rings. The molecule has 7 heteroatoms. The number of carbonyl (C=O) groups is 1. The van der Waals surface area contributed by atoms with E-state index in [0.29, 0.717) is 15.7 Å². The minimum atomic E-state index is -5.03. The summed E-state index contributed by atoms with van der Waals surface area (Å²) in [6.07, 6.45) is -3.84. The predicted molar refractivity (Wildman–Crippen MR) is 47.4 cm³/mol. The van der Waals surface area contributed by atoms with Crippen LogP contribution in [0, 0.1) is 0 Å². The zero-order valence-electron chi connectivity index (χ0n) is 7.73. The highest BCUT2D eigenvalue weighted by Crippen LogP contribution is 2.16. The molecule has 0 saturated carbocycles. The Morgan fingerprint density at radius 3 is 2.62 bits per heavy atom. The molecule has 0 amide bonds. The van der Waals surface area contributed by atoms with Crippen LogP contribution in [0.1, 0.15) is 0 Å². The van der Waals surface area contributed by atoms with Crippen LogP contribution in [0.25, 0.3) is 10.9 Å². The lowest BCUT2D eigenvalue weighted by molar-refractivity contribution is -0.201. The summed E-state index contributed by atoms with van der Waals surface area (Å²) in [4.78, 5) is 15.0. The molecule has 0 radical (unpaired) electrons. The van der Waals surface area contributed by atoms with E-state index in [9.17, 15) is 18.0 Å². The first kappa shape index (κ1) is 10.5. The molecule has 0 fully saturated rings. The SMILES string of the molecule is O=C(On1cc2ccccc2n1)C(F)(F)F. The summed E-state index contributed by atoms with van der Waals surface area (Å²) < 4.78 is 35.6. The first-order valence-electron chi connectivity index (χ1n) is 4.21. The van der Waals surface area contributed by atoms with Crippen molar-refractivity contribution < 1.29 is 22.8 Å². The fraction of sp³-hybridized carbons (Fsp3) is 0.111. The van der Waals surface area contributed by atoms with Gasteiger partial charge < -0.3 is 4.84 Å². The van der Waals surface area contributed by atoms with E-state index < -0.39 is 12.1 Å². The van der Waals surface area contributed by atoms with Gasteiger partial charge >= 0.3 is 12.1 Å². The van der Waals surface area contributed by atoms with Crippen LogP contribution in [-0.2, 0) is 4.79 Å². The van der Waals surface area contributed by atoms with Crippen molar-refractivity contribution in [2.24, 2.45) is 0 Å². The van der Waals surface area contributed by atoms with E-state index in [1.54, 1.807) is 24.3 Å². The molecular formula is C9H5F3N2O2. The standard InChI is InChI=1S/C9H5F3N2O2/c10-9(11,12)8(15)16-14-5-6-3-1-2-4-7(6)13-14/h1-5H. The Hall–Kier alpha value is -2.05. The highest BCUT2D eigenvalue weighted by Gasteiger charge is 2.42. The Balaban J connectivity index is 2.25. The van der Waals surface area contributed by atoms with Crippen molar-refractivity contribution in [3.8, 4) is 0 Å². The number of alkyl halides is 3. The molecule has 0 bridgehead atoms. The van der Waals surface area contributed by atoms with E-state index in [4.69, 9.17) is 0 Å². The highest BCUT2D eigenvalue weighted by atomic mass is 19.4. The molecule has 2 rings (SSSR count). The molecule has 4 nitrogen and oxygen atoms in total. The summed E-state index contributed by atoms with van der Waals surface area (Å²) in [5, 5.41) is 4.22. The molecule has 1 aromatic heterocycles. The van der Waals surface area contributed by atoms with Crippen LogP contribution in [0.3, 0.4) is 0 Å². The Kier molecular flexibility index (Phi) is 2.30. The largest absolute Gasteiger partial charge is 0.493 e. The van der Waals surface area contributed by atoms with Crippen molar-refractivity contribution >= 4 is 16.9 Å². The van der Waals surface area contributed by atoms with Gasteiger partial charge in [-0.2, -0.15) is 13.2 Å². The maximum atomic E-state index is 11.9. The van der Waals surface area contributed by atoms with Crippen LogP contribution >= 0.6 is 0 Å². The molecule has 0 aliphatic carbocycles. The Bertz CT molecular complexity index is 500. The number of hydrogen-bond donors (Lipinski definition) is 0. The van der Waals surface area contributed by atoms with Crippen molar-refractivity contribution in [1.29, 1.82) is 0 Å². The van der Waals surface area contributed by atoms with Gasteiger partial charge in [0, 0.05) is 5.39 Å². The monoisotopic (exact) mass is 230 g/mol. The molecule has 84 valence electrons. The topological polar surface area (TPSA) is 44.1 Å². The fourth-order valence-electron chi connectivity index (χ4n) is 1.13. The summed E-state index contributed by atoms with van der Waals surface area (Å²) in [5.74, 6) is -2.31. The fourth-order valence-corrected chi connectivity index (χ4v) is 1.13. The van der Waals surface area contributed by atoms with Crippen molar-refractivity contribution in [2.45, 2.75) is 6.18 Å². The van der Waals surface area contributed by atoms with Crippen LogP contribution in [0.15, 0.2) is 30.5 Å². The lowest BCUT2D eigenvalue weighted by Gasteiger charge is -2.04. The smallest absolute Gasteiger partial charge is 0.310 e. The average molecular weight is 230 g/mol. The van der Waals surface area contributed by atoms with E-state index in [1.165, 1.54) is 6.20 Å². The summed E-state index contributed by atoms with van der Waals surface area (Å²) in [6, 6.07) is 6.60. The number of carbonyl (C=O) groups excluding carboxylic acids is 1. The van der Waals surface area contributed by atoms with Crippen LogP contribution in [0.4, 0.5) is 13.2 Å². The van der Waals surface area contributed by atoms with Gasteiger partial charge in [0.2, 0.25) is 0 Å². The van der Waals surface area contributed by atoms with E-state index in [-0.39, 0.29) is 0 Å². The van der Waals surface area contributed by atoms with E-state index in [2.05, 4.69) is 9.94 Å². The third kappa shape index (κ3) is 1.97. The summed E-state index contributed by atoms with van der Waals surface area (Å²) in [7, 11) is 0. The average Bonchev–Trinajstić information content (AvgIpc) is 2.58. The second-order valence-corrected chi connectivity index (χ2v) is 2.97. The molecule has 0 aliphatic heterocycles. The molecule has 1 aromatic carbocycles. The van der Waals surface area contributed by atoms with Crippen molar-refractivity contribution in [2.75, 3.05) is 0 Å². The zero-order chi connectivity index (χ0) is 11.8. The number of nitrogens with zero attached hydrogens (tertiary/aromatic N) is 2. The lowest BCUT2D eigenvalue weighted by atomic mass is 10.3. The van der Waals surface area contributed by atoms with Crippen LogP contribution < -0.4 is 4.84 Å². The predicted octanol–water partition coefficient (Wildman–Crippen LogP) is 1.55. The van der Waals surface area contributed by atoms with Gasteiger partial charge in [0.05, 0.1) is 11.7 Å². The third-order valence-corrected chi connectivity index (χ3v) is 1.80. The minimum Gasteiger partial charge on any atom is -0.310 e. The first-order chi connectivity index (χ1) is 7.47. The second kappa shape index (κ2) is 3.51. The Labute approximate surface area is 87.2 Å². The van der Waals surface area contributed by atoms with Crippen molar-refractivity contribution in [3.05, 3.63) is 30.5 Å². The summed E-state index contributed by atoms with van der Waals surface area (Å²) >= 11 is 0. The molecule has 0 unspecified atom stereocenters. The number of fused-ring (bicyclic) bond motifs is 1. The number of rotatable bonds is 1. The lowest BCUT2D eigenvalue weighted by Crippen LogP contribution is -2.33. The van der Waals surface area contributed by atoms with Gasteiger partial charge in [0.25, 0.3) is 0 Å². The van der Waals surface area contributed by atoms with Gasteiger partial charge in [0.1, 0.15) is 0 Å². The van der Waals surface area contributed by atoms with Gasteiger partial charge in [0.15, 0.2) is 0 Å². The highest BCUT2D eigenvalue weighted by molar-refractivity contribution is 5.79. The van der Waals surface area contributed by atoms with Gasteiger partial charge in [-0.1, -0.05) is 23.0 Å². The number of hydrogen-bond acceptors (Lipinski definition) is 3. The molecule has 0 atom stereocenters. The minimum absolute atomic E-state index is 0.442. The quantitative estimate of drug-likeness (QED) is 0.746. The van der Waals surface area contributed by atoms with E-state index >= 15 is 0 Å². The molecule has 1 heterocycles.